The zero-order chi connectivity index (χ0) is 11.7. The van der Waals surface area contributed by atoms with E-state index in [4.69, 9.17) is 0 Å². The number of likely N-dealkylation sites (tertiary alicyclic amines) is 1. The van der Waals surface area contributed by atoms with Crippen molar-refractivity contribution >= 4 is 28.6 Å². The molecule has 0 N–H and O–H groups in total. The van der Waals surface area contributed by atoms with Crippen LogP contribution >= 0.6 is 22.7 Å². The topological polar surface area (TPSA) is 20.3 Å². The lowest BCUT2D eigenvalue weighted by molar-refractivity contribution is 0.0743. The number of amides is 1. The quantitative estimate of drug-likeness (QED) is 0.807. The van der Waals surface area contributed by atoms with Crippen LogP contribution in [0, 0.1) is 0 Å². The molecular formula is C13H13NOS2. The molecule has 1 saturated heterocycles. The number of rotatable bonds is 2. The molecule has 0 bridgehead atoms. The van der Waals surface area contributed by atoms with E-state index >= 15 is 0 Å². The van der Waals surface area contributed by atoms with Crippen LogP contribution in [-0.2, 0) is 0 Å². The smallest absolute Gasteiger partial charge is 0.264 e. The van der Waals surface area contributed by atoms with Crippen molar-refractivity contribution in [2.45, 2.75) is 18.9 Å². The Labute approximate surface area is 109 Å². The maximum atomic E-state index is 12.4. The van der Waals surface area contributed by atoms with Gasteiger partial charge in [0.15, 0.2) is 0 Å². The van der Waals surface area contributed by atoms with Crippen LogP contribution in [0.4, 0.5) is 0 Å². The van der Waals surface area contributed by atoms with Gasteiger partial charge in [0.1, 0.15) is 0 Å². The van der Waals surface area contributed by atoms with E-state index in [1.54, 1.807) is 11.3 Å². The maximum Gasteiger partial charge on any atom is 0.264 e. The molecule has 1 unspecified atom stereocenters. The Morgan fingerprint density at radius 1 is 1.24 bits per heavy atom. The summed E-state index contributed by atoms with van der Waals surface area (Å²) < 4.78 is 0. The third-order valence-corrected chi connectivity index (χ3v) is 4.95. The first kappa shape index (κ1) is 11.0. The van der Waals surface area contributed by atoms with Gasteiger partial charge < -0.3 is 4.90 Å². The summed E-state index contributed by atoms with van der Waals surface area (Å²) in [6.45, 7) is 0.888. The molecule has 1 atom stereocenters. The van der Waals surface area contributed by atoms with Crippen molar-refractivity contribution < 1.29 is 4.79 Å². The summed E-state index contributed by atoms with van der Waals surface area (Å²) in [5, 5.41) is 4.05. The lowest BCUT2D eigenvalue weighted by Crippen LogP contribution is -2.29. The second-order valence-electron chi connectivity index (χ2n) is 4.15. The van der Waals surface area contributed by atoms with E-state index in [0.29, 0.717) is 6.04 Å². The normalized spacial score (nSPS) is 19.8. The van der Waals surface area contributed by atoms with Crippen LogP contribution in [0.15, 0.2) is 35.0 Å². The van der Waals surface area contributed by atoms with Crippen LogP contribution in [0.1, 0.15) is 33.4 Å². The SMILES string of the molecule is O=C(c1cccs1)N1CCCC1c1cccs1. The van der Waals surface area contributed by atoms with Gasteiger partial charge in [-0.1, -0.05) is 12.1 Å². The van der Waals surface area contributed by atoms with Gasteiger partial charge in [-0.25, -0.2) is 0 Å². The molecule has 1 aliphatic heterocycles. The van der Waals surface area contributed by atoms with E-state index in [1.807, 2.05) is 22.4 Å². The molecule has 1 amide bonds. The van der Waals surface area contributed by atoms with Gasteiger partial charge in [-0.2, -0.15) is 0 Å². The van der Waals surface area contributed by atoms with Crippen molar-refractivity contribution in [1.29, 1.82) is 0 Å². The zero-order valence-corrected chi connectivity index (χ0v) is 11.0. The van der Waals surface area contributed by atoms with Crippen molar-refractivity contribution in [3.63, 3.8) is 0 Å². The van der Waals surface area contributed by atoms with Gasteiger partial charge in [0, 0.05) is 11.4 Å². The average Bonchev–Trinajstić information content (AvgIpc) is 3.09. The second-order valence-corrected chi connectivity index (χ2v) is 6.08. The van der Waals surface area contributed by atoms with Crippen molar-refractivity contribution in [1.82, 2.24) is 4.90 Å². The monoisotopic (exact) mass is 263 g/mol. The minimum atomic E-state index is 0.191. The van der Waals surface area contributed by atoms with Crippen LogP contribution in [0.5, 0.6) is 0 Å². The zero-order valence-electron chi connectivity index (χ0n) is 9.33. The average molecular weight is 263 g/mol. The van der Waals surface area contributed by atoms with Crippen LogP contribution in [-0.4, -0.2) is 17.4 Å². The van der Waals surface area contributed by atoms with Gasteiger partial charge in [0.2, 0.25) is 0 Å². The largest absolute Gasteiger partial charge is 0.330 e. The third-order valence-electron chi connectivity index (χ3n) is 3.12. The third kappa shape index (κ3) is 2.03. The molecule has 4 heteroatoms. The van der Waals surface area contributed by atoms with Gasteiger partial charge in [-0.15, -0.1) is 22.7 Å². The molecule has 1 fully saturated rings. The molecule has 0 aromatic carbocycles. The minimum absolute atomic E-state index is 0.191. The van der Waals surface area contributed by atoms with Crippen LogP contribution in [0.2, 0.25) is 0 Å². The van der Waals surface area contributed by atoms with Crippen molar-refractivity contribution in [3.05, 3.63) is 44.8 Å². The molecule has 3 rings (SSSR count). The minimum Gasteiger partial charge on any atom is -0.330 e. The van der Waals surface area contributed by atoms with E-state index in [9.17, 15) is 4.79 Å². The van der Waals surface area contributed by atoms with E-state index in [-0.39, 0.29) is 5.91 Å². The second kappa shape index (κ2) is 4.63. The number of carbonyl (C=O) groups is 1. The van der Waals surface area contributed by atoms with Crippen LogP contribution in [0.25, 0.3) is 0 Å². The van der Waals surface area contributed by atoms with Gasteiger partial charge in [0.25, 0.3) is 5.91 Å². The van der Waals surface area contributed by atoms with E-state index in [0.717, 1.165) is 24.3 Å². The molecule has 2 nitrogen and oxygen atoms in total. The Kier molecular flexibility index (Phi) is 2.99. The Bertz CT molecular complexity index is 489. The summed E-state index contributed by atoms with van der Waals surface area (Å²) >= 11 is 3.28. The number of nitrogens with zero attached hydrogens (tertiary/aromatic N) is 1. The summed E-state index contributed by atoms with van der Waals surface area (Å²) in [6.07, 6.45) is 2.21. The van der Waals surface area contributed by atoms with E-state index in [2.05, 4.69) is 17.5 Å². The predicted molar refractivity (Wildman–Crippen MR) is 71.6 cm³/mol. The molecule has 0 radical (unpaired) electrons. The van der Waals surface area contributed by atoms with Gasteiger partial charge in [-0.3, -0.25) is 4.79 Å². The van der Waals surface area contributed by atoms with Gasteiger partial charge >= 0.3 is 0 Å². The number of hydrogen-bond acceptors (Lipinski definition) is 3. The van der Waals surface area contributed by atoms with Gasteiger partial charge in [0.05, 0.1) is 10.9 Å². The fourth-order valence-electron chi connectivity index (χ4n) is 2.33. The first-order valence-electron chi connectivity index (χ1n) is 5.74. The first-order valence-corrected chi connectivity index (χ1v) is 7.50. The molecular weight excluding hydrogens is 250 g/mol. The summed E-state index contributed by atoms with van der Waals surface area (Å²) in [5.74, 6) is 0.191. The van der Waals surface area contributed by atoms with Crippen molar-refractivity contribution in [2.75, 3.05) is 6.54 Å². The summed E-state index contributed by atoms with van der Waals surface area (Å²) in [7, 11) is 0. The number of thiophene rings is 2. The molecule has 0 aliphatic carbocycles. The fraction of sp³-hybridized carbons (Fsp3) is 0.308. The standard InChI is InChI=1S/C13H13NOS2/c15-13(12-6-3-9-17-12)14-7-1-4-10(14)11-5-2-8-16-11/h2-3,5-6,8-10H,1,4,7H2. The fourth-order valence-corrected chi connectivity index (χ4v) is 3.88. The lowest BCUT2D eigenvalue weighted by Gasteiger charge is -2.23. The van der Waals surface area contributed by atoms with Crippen molar-refractivity contribution in [2.24, 2.45) is 0 Å². The summed E-state index contributed by atoms with van der Waals surface area (Å²) in [5.41, 5.74) is 0. The summed E-state index contributed by atoms with van der Waals surface area (Å²) in [4.78, 5) is 16.5. The Hall–Kier alpha value is -1.13. The van der Waals surface area contributed by atoms with Crippen LogP contribution in [0.3, 0.4) is 0 Å². The lowest BCUT2D eigenvalue weighted by atomic mass is 10.2. The highest BCUT2D eigenvalue weighted by molar-refractivity contribution is 7.12. The predicted octanol–water partition coefficient (Wildman–Crippen LogP) is 3.79. The molecule has 2 aromatic heterocycles. The molecule has 17 heavy (non-hydrogen) atoms. The Balaban J connectivity index is 1.85. The molecule has 88 valence electrons. The number of carbonyl (C=O) groups excluding carboxylic acids is 1. The highest BCUT2D eigenvalue weighted by Gasteiger charge is 2.31. The van der Waals surface area contributed by atoms with E-state index in [1.165, 1.54) is 16.2 Å². The Morgan fingerprint density at radius 3 is 2.76 bits per heavy atom. The highest BCUT2D eigenvalue weighted by atomic mass is 32.1. The maximum absolute atomic E-state index is 12.4. The van der Waals surface area contributed by atoms with Gasteiger partial charge in [-0.05, 0) is 35.7 Å². The molecule has 0 spiro atoms. The van der Waals surface area contributed by atoms with E-state index < -0.39 is 0 Å². The molecule has 1 aliphatic rings. The summed E-state index contributed by atoms with van der Waals surface area (Å²) in [6, 6.07) is 8.34. The first-order chi connectivity index (χ1) is 8.36. The van der Waals surface area contributed by atoms with Crippen LogP contribution < -0.4 is 0 Å². The molecule has 3 heterocycles. The molecule has 2 aromatic rings. The molecule has 0 saturated carbocycles. The highest BCUT2D eigenvalue weighted by Crippen LogP contribution is 2.35. The Morgan fingerprint density at radius 2 is 2.06 bits per heavy atom. The number of hydrogen-bond donors (Lipinski definition) is 0. The van der Waals surface area contributed by atoms with Crippen molar-refractivity contribution in [3.8, 4) is 0 Å².